The Morgan fingerprint density at radius 2 is 1.89 bits per heavy atom. The van der Waals surface area contributed by atoms with Crippen LogP contribution in [0.2, 0.25) is 0 Å². The standard InChI is InChI=1S/C21H20N4O2/c26-20(14-16-13-19(24-23-16)18-5-1-3-11-22-18)15-7-9-17(10-8-15)25-12-4-2-6-21(25)27/h1,3,5,7-11H,2,4,6,12-14H2. The second-order valence-corrected chi connectivity index (χ2v) is 6.75. The van der Waals surface area contributed by atoms with E-state index in [0.29, 0.717) is 18.4 Å². The van der Waals surface area contributed by atoms with Crippen LogP contribution in [0.1, 0.15) is 48.2 Å². The lowest BCUT2D eigenvalue weighted by molar-refractivity contribution is -0.119. The molecule has 0 atom stereocenters. The Bertz CT molecular complexity index is 917. The molecule has 2 aliphatic heterocycles. The molecule has 6 nitrogen and oxygen atoms in total. The summed E-state index contributed by atoms with van der Waals surface area (Å²) in [5.74, 6) is 0.155. The zero-order valence-electron chi connectivity index (χ0n) is 15.0. The van der Waals surface area contributed by atoms with Gasteiger partial charge in [-0.3, -0.25) is 14.6 Å². The molecule has 6 heteroatoms. The molecule has 0 radical (unpaired) electrons. The topological polar surface area (TPSA) is 75.0 Å². The number of amides is 1. The van der Waals surface area contributed by atoms with Gasteiger partial charge in [0.2, 0.25) is 5.91 Å². The summed E-state index contributed by atoms with van der Waals surface area (Å²) in [6, 6.07) is 12.9. The van der Waals surface area contributed by atoms with E-state index in [2.05, 4.69) is 15.2 Å². The summed E-state index contributed by atoms with van der Waals surface area (Å²) in [6.07, 6.45) is 5.07. The van der Waals surface area contributed by atoms with Gasteiger partial charge in [0.05, 0.1) is 23.5 Å². The number of carbonyl (C=O) groups excluding carboxylic acids is 2. The molecule has 136 valence electrons. The molecule has 2 aromatic rings. The zero-order valence-corrected chi connectivity index (χ0v) is 15.0. The third kappa shape index (κ3) is 3.84. The molecular formula is C21H20N4O2. The summed E-state index contributed by atoms with van der Waals surface area (Å²) in [5.41, 5.74) is 3.81. The highest BCUT2D eigenvalue weighted by Crippen LogP contribution is 2.22. The molecule has 0 N–H and O–H groups in total. The largest absolute Gasteiger partial charge is 0.312 e. The number of ketones is 1. The smallest absolute Gasteiger partial charge is 0.226 e. The summed E-state index contributed by atoms with van der Waals surface area (Å²) in [4.78, 5) is 30.7. The van der Waals surface area contributed by atoms with Crippen molar-refractivity contribution in [3.63, 3.8) is 0 Å². The molecule has 0 aliphatic carbocycles. The summed E-state index contributed by atoms with van der Waals surface area (Å²) < 4.78 is 0. The number of aromatic nitrogens is 1. The Morgan fingerprint density at radius 1 is 1.04 bits per heavy atom. The van der Waals surface area contributed by atoms with E-state index in [9.17, 15) is 9.59 Å². The predicted molar refractivity (Wildman–Crippen MR) is 104 cm³/mol. The molecule has 0 spiro atoms. The zero-order chi connectivity index (χ0) is 18.6. The molecule has 3 heterocycles. The average molecular weight is 360 g/mol. The van der Waals surface area contributed by atoms with Gasteiger partial charge in [-0.1, -0.05) is 6.07 Å². The molecule has 1 aromatic heterocycles. The SMILES string of the molecule is O=C(CC1=NN=C(c2ccccn2)C1)c1ccc(N2CCCCC2=O)cc1. The van der Waals surface area contributed by atoms with E-state index in [0.717, 1.165) is 42.2 Å². The van der Waals surface area contributed by atoms with Crippen LogP contribution in [0.15, 0.2) is 58.9 Å². The second kappa shape index (κ2) is 7.61. The summed E-state index contributed by atoms with van der Waals surface area (Å²) in [7, 11) is 0. The molecule has 4 rings (SSSR count). The van der Waals surface area contributed by atoms with Crippen LogP contribution in [0.5, 0.6) is 0 Å². The van der Waals surface area contributed by atoms with Gasteiger partial charge >= 0.3 is 0 Å². The van der Waals surface area contributed by atoms with Crippen LogP contribution < -0.4 is 4.90 Å². The first-order chi connectivity index (χ1) is 13.2. The normalized spacial score (nSPS) is 16.9. The second-order valence-electron chi connectivity index (χ2n) is 6.75. The molecule has 0 unspecified atom stereocenters. The van der Waals surface area contributed by atoms with Gasteiger partial charge in [-0.15, -0.1) is 0 Å². The lowest BCUT2D eigenvalue weighted by atomic mass is 10.0. The van der Waals surface area contributed by atoms with Crippen LogP contribution in [0.4, 0.5) is 5.69 Å². The number of piperidine rings is 1. The maximum Gasteiger partial charge on any atom is 0.226 e. The first kappa shape index (κ1) is 17.3. The van der Waals surface area contributed by atoms with Crippen molar-refractivity contribution in [2.24, 2.45) is 10.2 Å². The van der Waals surface area contributed by atoms with E-state index < -0.39 is 0 Å². The van der Waals surface area contributed by atoms with Crippen molar-refractivity contribution in [1.29, 1.82) is 0 Å². The fraction of sp³-hybridized carbons (Fsp3) is 0.286. The Morgan fingerprint density at radius 3 is 2.63 bits per heavy atom. The van der Waals surface area contributed by atoms with Gasteiger partial charge in [0.25, 0.3) is 0 Å². The van der Waals surface area contributed by atoms with Crippen LogP contribution in [0.3, 0.4) is 0 Å². The van der Waals surface area contributed by atoms with Gasteiger partial charge in [-0.25, -0.2) is 0 Å². The lowest BCUT2D eigenvalue weighted by Crippen LogP contribution is -2.35. The Balaban J connectivity index is 1.37. The number of pyridine rings is 1. The van der Waals surface area contributed by atoms with Crippen LogP contribution >= 0.6 is 0 Å². The molecule has 1 saturated heterocycles. The van der Waals surface area contributed by atoms with Crippen LogP contribution in [-0.4, -0.2) is 34.6 Å². The van der Waals surface area contributed by atoms with Crippen molar-refractivity contribution >= 4 is 28.8 Å². The number of anilines is 1. The number of Topliss-reactive ketones (excluding diaryl/α,β-unsaturated/α-hetero) is 1. The van der Waals surface area contributed by atoms with Gasteiger partial charge < -0.3 is 4.90 Å². The third-order valence-electron chi connectivity index (χ3n) is 4.83. The van der Waals surface area contributed by atoms with Gasteiger partial charge in [0, 0.05) is 36.8 Å². The Hall–Kier alpha value is -3.15. The fourth-order valence-electron chi connectivity index (χ4n) is 3.36. The molecule has 1 aromatic carbocycles. The first-order valence-corrected chi connectivity index (χ1v) is 9.18. The van der Waals surface area contributed by atoms with Crippen molar-refractivity contribution in [1.82, 2.24) is 4.98 Å². The quantitative estimate of drug-likeness (QED) is 0.767. The number of hydrogen-bond donors (Lipinski definition) is 0. The maximum absolute atomic E-state index is 12.6. The third-order valence-corrected chi connectivity index (χ3v) is 4.83. The highest BCUT2D eigenvalue weighted by Gasteiger charge is 2.21. The Labute approximate surface area is 157 Å². The predicted octanol–water partition coefficient (Wildman–Crippen LogP) is 3.42. The highest BCUT2D eigenvalue weighted by atomic mass is 16.2. The van der Waals surface area contributed by atoms with Gasteiger partial charge in [0.15, 0.2) is 5.78 Å². The van der Waals surface area contributed by atoms with E-state index in [1.165, 1.54) is 0 Å². The molecule has 2 aliphatic rings. The number of carbonyl (C=O) groups is 2. The highest BCUT2D eigenvalue weighted by molar-refractivity contribution is 6.20. The number of benzene rings is 1. The van der Waals surface area contributed by atoms with Crippen molar-refractivity contribution in [2.75, 3.05) is 11.4 Å². The van der Waals surface area contributed by atoms with Crippen LogP contribution in [-0.2, 0) is 4.79 Å². The number of nitrogens with zero attached hydrogens (tertiary/aromatic N) is 4. The first-order valence-electron chi connectivity index (χ1n) is 9.18. The maximum atomic E-state index is 12.6. The monoisotopic (exact) mass is 360 g/mol. The van der Waals surface area contributed by atoms with Gasteiger partial charge in [-0.2, -0.15) is 10.2 Å². The van der Waals surface area contributed by atoms with Crippen molar-refractivity contribution < 1.29 is 9.59 Å². The van der Waals surface area contributed by atoms with Crippen molar-refractivity contribution in [3.05, 3.63) is 59.9 Å². The summed E-state index contributed by atoms with van der Waals surface area (Å²) in [6.45, 7) is 0.747. The summed E-state index contributed by atoms with van der Waals surface area (Å²) in [5, 5.41) is 8.31. The summed E-state index contributed by atoms with van der Waals surface area (Å²) >= 11 is 0. The minimum atomic E-state index is 0.00254. The van der Waals surface area contributed by atoms with Crippen LogP contribution in [0.25, 0.3) is 0 Å². The van der Waals surface area contributed by atoms with E-state index >= 15 is 0 Å². The minimum Gasteiger partial charge on any atom is -0.312 e. The minimum absolute atomic E-state index is 0.00254. The Kier molecular flexibility index (Phi) is 4.87. The van der Waals surface area contributed by atoms with Crippen LogP contribution in [0, 0.1) is 0 Å². The molecule has 1 amide bonds. The van der Waals surface area contributed by atoms with E-state index in [1.807, 2.05) is 30.3 Å². The van der Waals surface area contributed by atoms with E-state index in [1.54, 1.807) is 23.2 Å². The van der Waals surface area contributed by atoms with E-state index in [4.69, 9.17) is 0 Å². The lowest BCUT2D eigenvalue weighted by Gasteiger charge is -2.26. The van der Waals surface area contributed by atoms with E-state index in [-0.39, 0.29) is 18.1 Å². The van der Waals surface area contributed by atoms with Gasteiger partial charge in [-0.05, 0) is 49.2 Å². The molecule has 1 fully saturated rings. The van der Waals surface area contributed by atoms with Gasteiger partial charge in [0.1, 0.15) is 0 Å². The molecule has 27 heavy (non-hydrogen) atoms. The number of rotatable bonds is 5. The molecule has 0 bridgehead atoms. The fourth-order valence-corrected chi connectivity index (χ4v) is 3.36. The number of hydrogen-bond acceptors (Lipinski definition) is 5. The molecule has 0 saturated carbocycles. The van der Waals surface area contributed by atoms with Crippen molar-refractivity contribution in [2.45, 2.75) is 32.1 Å². The molecular weight excluding hydrogens is 340 g/mol. The van der Waals surface area contributed by atoms with Crippen molar-refractivity contribution in [3.8, 4) is 0 Å². The average Bonchev–Trinajstić information content (AvgIpc) is 3.18.